The molecule has 8 nitrogen and oxygen atoms in total. The van der Waals surface area contributed by atoms with Crippen molar-refractivity contribution in [2.75, 3.05) is 18.1 Å². The Kier molecular flexibility index (Phi) is 5.45. The molecule has 1 aromatic heterocycles. The summed E-state index contributed by atoms with van der Waals surface area (Å²) in [4.78, 5) is 26.7. The summed E-state index contributed by atoms with van der Waals surface area (Å²) in [5.74, 6) is 0.604. The van der Waals surface area contributed by atoms with Crippen molar-refractivity contribution in [2.45, 2.75) is 31.6 Å². The second-order valence-corrected chi connectivity index (χ2v) is 5.38. The van der Waals surface area contributed by atoms with E-state index in [-0.39, 0.29) is 5.82 Å². The molecule has 0 aromatic carbocycles. The number of nitrogen functional groups attached to an aromatic ring is 1. The third-order valence-electron chi connectivity index (χ3n) is 2.72. The van der Waals surface area contributed by atoms with E-state index < -0.39 is 23.7 Å². The Labute approximate surface area is 125 Å². The molecule has 1 aromatic rings. The van der Waals surface area contributed by atoms with Gasteiger partial charge in [0.2, 0.25) is 0 Å². The molecule has 9 heteroatoms. The standard InChI is InChI=1S/C12H17N3O5S/c1-2-3-6-18-11(17)20-12-19-9(7-21-12)15-5-4-8(13)14-10(15)16/h4-5,9,12H,2-3,6-7H2,1H3,(H2,13,14,16)/t9-,12-/m0/s1. The number of ether oxygens (including phenoxy) is 3. The van der Waals surface area contributed by atoms with Crippen molar-refractivity contribution in [1.82, 2.24) is 9.55 Å². The number of hydrogen-bond acceptors (Lipinski definition) is 8. The monoisotopic (exact) mass is 315 g/mol. The Balaban J connectivity index is 1.86. The van der Waals surface area contributed by atoms with E-state index in [1.165, 1.54) is 28.6 Å². The highest BCUT2D eigenvalue weighted by Gasteiger charge is 2.31. The van der Waals surface area contributed by atoms with Gasteiger partial charge in [-0.25, -0.2) is 9.59 Å². The van der Waals surface area contributed by atoms with Gasteiger partial charge in [-0.1, -0.05) is 25.1 Å². The number of unbranched alkanes of at least 4 members (excludes halogenated alkanes) is 1. The van der Waals surface area contributed by atoms with Crippen molar-refractivity contribution in [1.29, 1.82) is 0 Å². The first-order valence-corrected chi connectivity index (χ1v) is 7.60. The fraction of sp³-hybridized carbons (Fsp3) is 0.583. The van der Waals surface area contributed by atoms with Crippen molar-refractivity contribution in [3.05, 3.63) is 22.7 Å². The van der Waals surface area contributed by atoms with Crippen LogP contribution in [0.25, 0.3) is 0 Å². The van der Waals surface area contributed by atoms with Gasteiger partial charge >= 0.3 is 11.8 Å². The van der Waals surface area contributed by atoms with Gasteiger partial charge in [0.25, 0.3) is 5.62 Å². The SMILES string of the molecule is CCCCOC(=O)O[C@@H]1O[C@H](n2ccc(N)nc2=O)CS1. The zero-order valence-electron chi connectivity index (χ0n) is 11.6. The average Bonchev–Trinajstić information content (AvgIpc) is 2.87. The minimum atomic E-state index is -0.798. The Morgan fingerprint density at radius 3 is 3.19 bits per heavy atom. The lowest BCUT2D eigenvalue weighted by Crippen LogP contribution is -2.29. The molecule has 21 heavy (non-hydrogen) atoms. The predicted molar refractivity (Wildman–Crippen MR) is 76.6 cm³/mol. The smallest absolute Gasteiger partial charge is 0.434 e. The first-order valence-electron chi connectivity index (χ1n) is 6.55. The van der Waals surface area contributed by atoms with Gasteiger partial charge in [0.15, 0.2) is 6.23 Å². The Bertz CT molecular complexity index is 550. The fourth-order valence-corrected chi connectivity index (χ4v) is 2.55. The third kappa shape index (κ3) is 4.36. The highest BCUT2D eigenvalue weighted by Crippen LogP contribution is 2.31. The normalized spacial score (nSPS) is 21.2. The lowest BCUT2D eigenvalue weighted by molar-refractivity contribution is -0.105. The molecular formula is C12H17N3O5S. The van der Waals surface area contributed by atoms with Crippen LogP contribution in [0.5, 0.6) is 0 Å². The molecule has 2 rings (SSSR count). The summed E-state index contributed by atoms with van der Waals surface area (Å²) in [7, 11) is 0. The Morgan fingerprint density at radius 2 is 2.48 bits per heavy atom. The summed E-state index contributed by atoms with van der Waals surface area (Å²) in [6, 6.07) is 1.50. The highest BCUT2D eigenvalue weighted by molar-refractivity contribution is 7.99. The minimum Gasteiger partial charge on any atom is -0.434 e. The maximum atomic E-state index is 11.7. The molecule has 1 saturated heterocycles. The van der Waals surface area contributed by atoms with Gasteiger partial charge in [0.1, 0.15) is 5.82 Å². The molecule has 0 unspecified atom stereocenters. The lowest BCUT2D eigenvalue weighted by Gasteiger charge is -2.14. The maximum Gasteiger partial charge on any atom is 0.511 e. The largest absolute Gasteiger partial charge is 0.511 e. The predicted octanol–water partition coefficient (Wildman–Crippen LogP) is 1.32. The van der Waals surface area contributed by atoms with Crippen LogP contribution in [0.3, 0.4) is 0 Å². The lowest BCUT2D eigenvalue weighted by atomic mass is 10.4. The number of nitrogens with zero attached hydrogens (tertiary/aromatic N) is 2. The number of carbonyl (C=O) groups is 1. The molecule has 2 N–H and O–H groups in total. The van der Waals surface area contributed by atoms with Gasteiger partial charge in [-0.3, -0.25) is 4.57 Å². The number of aromatic nitrogens is 2. The van der Waals surface area contributed by atoms with Crippen molar-refractivity contribution in [2.24, 2.45) is 0 Å². The van der Waals surface area contributed by atoms with E-state index in [1.807, 2.05) is 6.92 Å². The minimum absolute atomic E-state index is 0.147. The summed E-state index contributed by atoms with van der Waals surface area (Å²) < 4.78 is 16.6. The molecular weight excluding hydrogens is 298 g/mol. The number of thioether (sulfide) groups is 1. The third-order valence-corrected chi connectivity index (χ3v) is 3.67. The Hall–Kier alpha value is -1.74. The van der Waals surface area contributed by atoms with Crippen LogP contribution in [-0.4, -0.2) is 33.7 Å². The molecule has 1 aliphatic rings. The van der Waals surface area contributed by atoms with Gasteiger partial charge < -0.3 is 19.9 Å². The topological polar surface area (TPSA) is 106 Å². The second kappa shape index (κ2) is 7.32. The van der Waals surface area contributed by atoms with Gasteiger partial charge in [-0.15, -0.1) is 0 Å². The molecule has 0 spiro atoms. The molecule has 116 valence electrons. The van der Waals surface area contributed by atoms with Crippen LogP contribution in [0.4, 0.5) is 10.6 Å². The van der Waals surface area contributed by atoms with E-state index in [0.717, 1.165) is 12.8 Å². The van der Waals surface area contributed by atoms with Crippen molar-refractivity contribution in [3.8, 4) is 0 Å². The maximum absolute atomic E-state index is 11.7. The molecule has 2 heterocycles. The molecule has 2 atom stereocenters. The number of hydrogen-bond donors (Lipinski definition) is 1. The quantitative estimate of drug-likeness (QED) is 0.640. The van der Waals surface area contributed by atoms with E-state index in [9.17, 15) is 9.59 Å². The molecule has 0 saturated carbocycles. The van der Waals surface area contributed by atoms with Crippen LogP contribution in [-0.2, 0) is 14.2 Å². The van der Waals surface area contributed by atoms with Crippen molar-refractivity contribution in [3.63, 3.8) is 0 Å². The van der Waals surface area contributed by atoms with E-state index >= 15 is 0 Å². The van der Waals surface area contributed by atoms with Crippen LogP contribution >= 0.6 is 11.8 Å². The van der Waals surface area contributed by atoms with Crippen LogP contribution in [0.2, 0.25) is 0 Å². The molecule has 0 aliphatic carbocycles. The summed E-state index contributed by atoms with van der Waals surface area (Å²) in [5.41, 5.74) is 4.12. The molecule has 1 aliphatic heterocycles. The molecule has 1 fully saturated rings. The van der Waals surface area contributed by atoms with Crippen molar-refractivity contribution >= 4 is 23.7 Å². The zero-order chi connectivity index (χ0) is 15.2. The fourth-order valence-electron chi connectivity index (χ4n) is 1.63. The number of nitrogens with two attached hydrogens (primary N) is 1. The van der Waals surface area contributed by atoms with Crippen LogP contribution < -0.4 is 11.4 Å². The second-order valence-electron chi connectivity index (χ2n) is 4.32. The number of anilines is 1. The van der Waals surface area contributed by atoms with Gasteiger partial charge in [0.05, 0.1) is 6.61 Å². The van der Waals surface area contributed by atoms with E-state index in [4.69, 9.17) is 19.9 Å². The van der Waals surface area contributed by atoms with Crippen molar-refractivity contribution < 1.29 is 19.0 Å². The number of carbonyl (C=O) groups excluding carboxylic acids is 1. The zero-order valence-corrected chi connectivity index (χ0v) is 12.4. The molecule has 0 amide bonds. The summed E-state index contributed by atoms with van der Waals surface area (Å²) in [6.07, 6.45) is 1.88. The van der Waals surface area contributed by atoms with Crippen LogP contribution in [0.15, 0.2) is 17.1 Å². The van der Waals surface area contributed by atoms with Crippen LogP contribution in [0.1, 0.15) is 26.0 Å². The Morgan fingerprint density at radius 1 is 1.67 bits per heavy atom. The van der Waals surface area contributed by atoms with Crippen LogP contribution in [0, 0.1) is 0 Å². The summed E-state index contributed by atoms with van der Waals surface area (Å²) >= 11 is 1.26. The average molecular weight is 315 g/mol. The molecule has 0 radical (unpaired) electrons. The summed E-state index contributed by atoms with van der Waals surface area (Å²) in [6.45, 7) is 2.31. The molecule has 0 bridgehead atoms. The van der Waals surface area contributed by atoms with E-state index in [1.54, 1.807) is 0 Å². The first-order chi connectivity index (χ1) is 10.1. The van der Waals surface area contributed by atoms with E-state index in [0.29, 0.717) is 12.4 Å². The summed E-state index contributed by atoms with van der Waals surface area (Å²) in [5, 5.41) is 0. The highest BCUT2D eigenvalue weighted by atomic mass is 32.2. The van der Waals surface area contributed by atoms with Gasteiger partial charge in [0, 0.05) is 11.9 Å². The van der Waals surface area contributed by atoms with Gasteiger partial charge in [-0.05, 0) is 12.5 Å². The first kappa shape index (κ1) is 15.6. The number of rotatable bonds is 5. The van der Waals surface area contributed by atoms with E-state index in [2.05, 4.69) is 4.98 Å². The van der Waals surface area contributed by atoms with Gasteiger partial charge in [-0.2, -0.15) is 4.98 Å².